The lowest BCUT2D eigenvalue weighted by atomic mass is 9.64. The van der Waals surface area contributed by atoms with E-state index in [0.29, 0.717) is 24.7 Å². The standard InChI is InChI=1S/C25H42O3/c1-3-4-5-6-18-7-9-19(10-8-18)20-11-13-21(14-12-20)22-15-16-23(24(26)17-22)25(27)28-2/h18-23H,3-17H2,1-2H3/t18-,19-,20?,21?,22?,23?. The fourth-order valence-electron chi connectivity index (χ4n) is 6.56. The molecule has 0 heterocycles. The van der Waals surface area contributed by atoms with E-state index in [-0.39, 0.29) is 11.8 Å². The van der Waals surface area contributed by atoms with Gasteiger partial charge in [0, 0.05) is 6.42 Å². The van der Waals surface area contributed by atoms with Gasteiger partial charge in [0.05, 0.1) is 7.11 Å². The molecule has 2 atom stereocenters. The molecule has 3 aliphatic carbocycles. The second-order valence-corrected chi connectivity index (χ2v) is 10.0. The number of rotatable bonds is 7. The van der Waals surface area contributed by atoms with E-state index in [4.69, 9.17) is 4.74 Å². The summed E-state index contributed by atoms with van der Waals surface area (Å²) < 4.78 is 4.80. The van der Waals surface area contributed by atoms with E-state index in [1.165, 1.54) is 84.2 Å². The Morgan fingerprint density at radius 1 is 0.821 bits per heavy atom. The molecule has 3 heteroatoms. The lowest BCUT2D eigenvalue weighted by Gasteiger charge is -2.41. The molecular weight excluding hydrogens is 348 g/mol. The zero-order valence-corrected chi connectivity index (χ0v) is 18.3. The molecular formula is C25H42O3. The molecule has 0 bridgehead atoms. The van der Waals surface area contributed by atoms with Crippen LogP contribution in [0.25, 0.3) is 0 Å². The Morgan fingerprint density at radius 2 is 1.36 bits per heavy atom. The molecule has 0 radical (unpaired) electrons. The number of hydrogen-bond donors (Lipinski definition) is 0. The third-order valence-corrected chi connectivity index (χ3v) is 8.42. The molecule has 3 rings (SSSR count). The largest absolute Gasteiger partial charge is 0.468 e. The highest BCUT2D eigenvalue weighted by Gasteiger charge is 2.39. The van der Waals surface area contributed by atoms with E-state index in [1.54, 1.807) is 0 Å². The first-order valence-corrected chi connectivity index (χ1v) is 12.2. The SMILES string of the molecule is CCCCC[C@H]1CC[C@H](C2CCC(C3CCC(C(=O)OC)C(=O)C3)CC2)CC1. The van der Waals surface area contributed by atoms with Gasteiger partial charge in [0.15, 0.2) is 0 Å². The van der Waals surface area contributed by atoms with Crippen LogP contribution >= 0.6 is 0 Å². The fraction of sp³-hybridized carbons (Fsp3) is 0.920. The van der Waals surface area contributed by atoms with Crippen molar-refractivity contribution in [3.05, 3.63) is 0 Å². The van der Waals surface area contributed by atoms with Crippen LogP contribution in [0.5, 0.6) is 0 Å². The summed E-state index contributed by atoms with van der Waals surface area (Å²) in [6.07, 6.45) is 19.3. The molecule has 28 heavy (non-hydrogen) atoms. The summed E-state index contributed by atoms with van der Waals surface area (Å²) in [5, 5.41) is 0. The molecule has 3 nitrogen and oxygen atoms in total. The first-order chi connectivity index (χ1) is 13.6. The predicted molar refractivity (Wildman–Crippen MR) is 113 cm³/mol. The summed E-state index contributed by atoms with van der Waals surface area (Å²) in [5.74, 6) is 3.48. The molecule has 3 saturated carbocycles. The van der Waals surface area contributed by atoms with E-state index in [9.17, 15) is 9.59 Å². The number of carbonyl (C=O) groups is 2. The molecule has 0 aromatic carbocycles. The van der Waals surface area contributed by atoms with Gasteiger partial charge in [0.2, 0.25) is 0 Å². The Labute approximate surface area is 172 Å². The van der Waals surface area contributed by atoms with Gasteiger partial charge in [0.25, 0.3) is 0 Å². The highest BCUT2D eigenvalue weighted by molar-refractivity contribution is 5.99. The number of ether oxygens (including phenoxy) is 1. The van der Waals surface area contributed by atoms with Crippen molar-refractivity contribution < 1.29 is 14.3 Å². The lowest BCUT2D eigenvalue weighted by Crippen LogP contribution is -2.36. The third-order valence-electron chi connectivity index (χ3n) is 8.42. The number of carbonyl (C=O) groups excluding carboxylic acids is 2. The summed E-state index contributed by atoms with van der Waals surface area (Å²) in [7, 11) is 1.39. The number of ketones is 1. The Kier molecular flexibility index (Phi) is 8.41. The Morgan fingerprint density at radius 3 is 1.89 bits per heavy atom. The minimum atomic E-state index is -0.481. The van der Waals surface area contributed by atoms with Gasteiger partial charge in [-0.3, -0.25) is 9.59 Å². The Hall–Kier alpha value is -0.860. The van der Waals surface area contributed by atoms with Gasteiger partial charge in [-0.05, 0) is 81.0 Å². The van der Waals surface area contributed by atoms with E-state index in [0.717, 1.165) is 24.2 Å². The Balaban J connectivity index is 1.37. The number of hydrogen-bond acceptors (Lipinski definition) is 3. The zero-order valence-electron chi connectivity index (χ0n) is 18.3. The topological polar surface area (TPSA) is 43.4 Å². The number of esters is 1. The molecule has 2 unspecified atom stereocenters. The molecule has 0 aliphatic heterocycles. The molecule has 0 N–H and O–H groups in total. The van der Waals surface area contributed by atoms with Gasteiger partial charge in [-0.15, -0.1) is 0 Å². The maximum absolute atomic E-state index is 12.4. The lowest BCUT2D eigenvalue weighted by molar-refractivity contribution is -0.151. The quantitative estimate of drug-likeness (QED) is 0.289. The highest BCUT2D eigenvalue weighted by atomic mass is 16.5. The van der Waals surface area contributed by atoms with Crippen molar-refractivity contribution >= 4 is 11.8 Å². The van der Waals surface area contributed by atoms with Crippen LogP contribution in [0.4, 0.5) is 0 Å². The van der Waals surface area contributed by atoms with Crippen LogP contribution in [0.15, 0.2) is 0 Å². The third kappa shape index (κ3) is 5.60. The molecule has 0 saturated heterocycles. The monoisotopic (exact) mass is 390 g/mol. The van der Waals surface area contributed by atoms with Crippen LogP contribution in [0, 0.1) is 35.5 Å². The zero-order chi connectivity index (χ0) is 19.9. The normalized spacial score (nSPS) is 36.9. The van der Waals surface area contributed by atoms with Crippen molar-refractivity contribution in [1.82, 2.24) is 0 Å². The predicted octanol–water partition coefficient (Wildman–Crippen LogP) is 6.34. The average Bonchev–Trinajstić information content (AvgIpc) is 2.74. The van der Waals surface area contributed by atoms with Crippen molar-refractivity contribution in [2.24, 2.45) is 35.5 Å². The van der Waals surface area contributed by atoms with Gasteiger partial charge < -0.3 is 4.74 Å². The highest BCUT2D eigenvalue weighted by Crippen LogP contribution is 2.46. The molecule has 0 amide bonds. The summed E-state index contributed by atoms with van der Waals surface area (Å²) >= 11 is 0. The maximum Gasteiger partial charge on any atom is 0.316 e. The van der Waals surface area contributed by atoms with Crippen LogP contribution in [-0.4, -0.2) is 18.9 Å². The molecule has 3 fully saturated rings. The molecule has 0 spiro atoms. The average molecular weight is 391 g/mol. The van der Waals surface area contributed by atoms with Gasteiger partial charge in [-0.2, -0.15) is 0 Å². The van der Waals surface area contributed by atoms with Gasteiger partial charge in [-0.1, -0.05) is 45.4 Å². The van der Waals surface area contributed by atoms with Crippen LogP contribution in [-0.2, 0) is 14.3 Å². The minimum Gasteiger partial charge on any atom is -0.468 e. The molecule has 160 valence electrons. The van der Waals surface area contributed by atoms with E-state index in [1.807, 2.05) is 0 Å². The van der Waals surface area contributed by atoms with Crippen LogP contribution < -0.4 is 0 Å². The second kappa shape index (κ2) is 10.8. The number of Topliss-reactive ketones (excluding diaryl/α,β-unsaturated/α-hetero) is 1. The van der Waals surface area contributed by atoms with Crippen molar-refractivity contribution in [2.75, 3.05) is 7.11 Å². The van der Waals surface area contributed by atoms with Crippen molar-refractivity contribution in [2.45, 2.75) is 103 Å². The minimum absolute atomic E-state index is 0.131. The molecule has 0 aromatic rings. The molecule has 3 aliphatic rings. The first kappa shape index (κ1) is 21.8. The maximum atomic E-state index is 12.4. The molecule has 0 aromatic heterocycles. The summed E-state index contributed by atoms with van der Waals surface area (Å²) in [5.41, 5.74) is 0. The van der Waals surface area contributed by atoms with Gasteiger partial charge in [0.1, 0.15) is 11.7 Å². The van der Waals surface area contributed by atoms with Gasteiger partial charge in [-0.25, -0.2) is 0 Å². The van der Waals surface area contributed by atoms with E-state index < -0.39 is 5.92 Å². The summed E-state index contributed by atoms with van der Waals surface area (Å²) in [6.45, 7) is 2.30. The number of unbranched alkanes of at least 4 members (excludes halogenated alkanes) is 2. The smallest absolute Gasteiger partial charge is 0.316 e. The van der Waals surface area contributed by atoms with Crippen LogP contribution in [0.2, 0.25) is 0 Å². The first-order valence-electron chi connectivity index (χ1n) is 12.2. The second-order valence-electron chi connectivity index (χ2n) is 10.0. The van der Waals surface area contributed by atoms with E-state index in [2.05, 4.69) is 6.92 Å². The van der Waals surface area contributed by atoms with Crippen LogP contribution in [0.3, 0.4) is 0 Å². The number of methoxy groups -OCH3 is 1. The summed E-state index contributed by atoms with van der Waals surface area (Å²) in [4.78, 5) is 24.1. The van der Waals surface area contributed by atoms with Crippen LogP contribution in [0.1, 0.15) is 103 Å². The van der Waals surface area contributed by atoms with Gasteiger partial charge >= 0.3 is 5.97 Å². The van der Waals surface area contributed by atoms with Crippen molar-refractivity contribution in [3.63, 3.8) is 0 Å². The van der Waals surface area contributed by atoms with Crippen molar-refractivity contribution in [1.29, 1.82) is 0 Å². The van der Waals surface area contributed by atoms with Crippen molar-refractivity contribution in [3.8, 4) is 0 Å². The van der Waals surface area contributed by atoms with E-state index >= 15 is 0 Å². The summed E-state index contributed by atoms with van der Waals surface area (Å²) in [6, 6.07) is 0. The fourth-order valence-corrected chi connectivity index (χ4v) is 6.56. The Bertz CT molecular complexity index is 498.